The van der Waals surface area contributed by atoms with Crippen molar-refractivity contribution in [2.45, 2.75) is 39.8 Å². The normalized spacial score (nSPS) is 11.5. The lowest BCUT2D eigenvalue weighted by atomic mass is 10.1. The van der Waals surface area contributed by atoms with Crippen LogP contribution in [0.3, 0.4) is 0 Å². The van der Waals surface area contributed by atoms with Crippen molar-refractivity contribution in [2.75, 3.05) is 0 Å². The van der Waals surface area contributed by atoms with Crippen molar-refractivity contribution >= 4 is 15.9 Å². The van der Waals surface area contributed by atoms with Crippen molar-refractivity contribution in [3.63, 3.8) is 0 Å². The maximum Gasteiger partial charge on any atom is 0.146 e. The lowest BCUT2D eigenvalue weighted by molar-refractivity contribution is 0.423. The zero-order chi connectivity index (χ0) is 15.5. The molecular weight excluding hydrogens is 328 g/mol. The third kappa shape index (κ3) is 5.14. The van der Waals surface area contributed by atoms with Gasteiger partial charge >= 0.3 is 0 Å². The zero-order valence-electron chi connectivity index (χ0n) is 12.9. The fourth-order valence-corrected chi connectivity index (χ4v) is 2.22. The first-order chi connectivity index (χ1) is 9.83. The molecule has 1 aromatic carbocycles. The van der Waals surface area contributed by atoms with E-state index in [1.54, 1.807) is 12.4 Å². The topological polar surface area (TPSA) is 34.1 Å². The molecule has 1 N–H and O–H groups in total. The molecule has 2 aromatic rings. The standard InChI is InChI=1S/C17H21BrN2O/c1-12-7-15(21-16-8-14(18)10-19-11-16)6-5-13(12)9-20-17(2,3)4/h5-8,10-11,20H,9H2,1-4H3. The molecule has 2 rings (SSSR count). The minimum Gasteiger partial charge on any atom is -0.456 e. The van der Waals surface area contributed by atoms with Gasteiger partial charge in [-0.25, -0.2) is 0 Å². The predicted octanol–water partition coefficient (Wildman–Crippen LogP) is 4.83. The molecule has 0 aliphatic carbocycles. The molecule has 21 heavy (non-hydrogen) atoms. The quantitative estimate of drug-likeness (QED) is 0.858. The van der Waals surface area contributed by atoms with Gasteiger partial charge in [0.1, 0.15) is 11.5 Å². The third-order valence-corrected chi connectivity index (χ3v) is 3.47. The molecule has 0 aliphatic heterocycles. The second-order valence-corrected chi connectivity index (χ2v) is 7.05. The molecule has 0 atom stereocenters. The van der Waals surface area contributed by atoms with Crippen LogP contribution in [0.2, 0.25) is 0 Å². The molecule has 0 fully saturated rings. The van der Waals surface area contributed by atoms with E-state index in [4.69, 9.17) is 4.74 Å². The van der Waals surface area contributed by atoms with Crippen LogP contribution >= 0.6 is 15.9 Å². The van der Waals surface area contributed by atoms with E-state index >= 15 is 0 Å². The van der Waals surface area contributed by atoms with Gasteiger partial charge < -0.3 is 10.1 Å². The van der Waals surface area contributed by atoms with Crippen molar-refractivity contribution in [3.05, 3.63) is 52.3 Å². The molecule has 0 aliphatic rings. The molecule has 4 heteroatoms. The number of pyridine rings is 1. The lowest BCUT2D eigenvalue weighted by Gasteiger charge is -2.21. The van der Waals surface area contributed by atoms with E-state index in [0.717, 1.165) is 22.5 Å². The van der Waals surface area contributed by atoms with E-state index in [1.807, 2.05) is 12.1 Å². The first-order valence-electron chi connectivity index (χ1n) is 6.96. The Hall–Kier alpha value is -1.39. The zero-order valence-corrected chi connectivity index (χ0v) is 14.5. The summed E-state index contributed by atoms with van der Waals surface area (Å²) in [5.74, 6) is 1.55. The van der Waals surface area contributed by atoms with E-state index in [0.29, 0.717) is 0 Å². The van der Waals surface area contributed by atoms with Gasteiger partial charge in [-0.2, -0.15) is 0 Å². The lowest BCUT2D eigenvalue weighted by Crippen LogP contribution is -2.35. The smallest absolute Gasteiger partial charge is 0.146 e. The van der Waals surface area contributed by atoms with Crippen LogP contribution in [0.15, 0.2) is 41.1 Å². The number of hydrogen-bond donors (Lipinski definition) is 1. The Morgan fingerprint density at radius 3 is 2.52 bits per heavy atom. The first kappa shape index (κ1) is 16.0. The summed E-state index contributed by atoms with van der Waals surface area (Å²) in [6.07, 6.45) is 3.44. The third-order valence-electron chi connectivity index (χ3n) is 3.04. The summed E-state index contributed by atoms with van der Waals surface area (Å²) < 4.78 is 6.73. The summed E-state index contributed by atoms with van der Waals surface area (Å²) in [6, 6.07) is 8.06. The molecule has 0 radical (unpaired) electrons. The molecular formula is C17H21BrN2O. The minimum atomic E-state index is 0.115. The summed E-state index contributed by atoms with van der Waals surface area (Å²) in [4.78, 5) is 4.09. The Morgan fingerprint density at radius 2 is 1.90 bits per heavy atom. The molecule has 0 bridgehead atoms. The van der Waals surface area contributed by atoms with E-state index in [-0.39, 0.29) is 5.54 Å². The highest BCUT2D eigenvalue weighted by Gasteiger charge is 2.10. The van der Waals surface area contributed by atoms with Gasteiger partial charge in [-0.3, -0.25) is 4.98 Å². The van der Waals surface area contributed by atoms with Crippen molar-refractivity contribution in [2.24, 2.45) is 0 Å². The van der Waals surface area contributed by atoms with Crippen LogP contribution in [0, 0.1) is 6.92 Å². The summed E-state index contributed by atoms with van der Waals surface area (Å²) in [7, 11) is 0. The molecule has 1 aromatic heterocycles. The molecule has 3 nitrogen and oxygen atoms in total. The monoisotopic (exact) mass is 348 g/mol. The van der Waals surface area contributed by atoms with Gasteiger partial charge in [0.15, 0.2) is 0 Å². The average molecular weight is 349 g/mol. The van der Waals surface area contributed by atoms with E-state index in [9.17, 15) is 0 Å². The Bertz CT molecular complexity index is 620. The largest absolute Gasteiger partial charge is 0.456 e. The number of halogens is 1. The van der Waals surface area contributed by atoms with Crippen LogP contribution in [0.4, 0.5) is 0 Å². The Balaban J connectivity index is 2.08. The molecule has 0 spiro atoms. The van der Waals surface area contributed by atoms with Crippen LogP contribution in [0.5, 0.6) is 11.5 Å². The van der Waals surface area contributed by atoms with Crippen LogP contribution in [-0.2, 0) is 6.54 Å². The van der Waals surface area contributed by atoms with Gasteiger partial charge in [0.2, 0.25) is 0 Å². The van der Waals surface area contributed by atoms with Crippen LogP contribution in [0.25, 0.3) is 0 Å². The number of aromatic nitrogens is 1. The molecule has 0 saturated carbocycles. The van der Waals surface area contributed by atoms with E-state index < -0.39 is 0 Å². The van der Waals surface area contributed by atoms with E-state index in [2.05, 4.69) is 66.1 Å². The summed E-state index contributed by atoms with van der Waals surface area (Å²) in [5.41, 5.74) is 2.61. The second-order valence-electron chi connectivity index (χ2n) is 6.13. The number of hydrogen-bond acceptors (Lipinski definition) is 3. The highest BCUT2D eigenvalue weighted by molar-refractivity contribution is 9.10. The maximum absolute atomic E-state index is 5.83. The van der Waals surface area contributed by atoms with Crippen LogP contribution in [-0.4, -0.2) is 10.5 Å². The first-order valence-corrected chi connectivity index (χ1v) is 7.76. The van der Waals surface area contributed by atoms with E-state index in [1.165, 1.54) is 11.1 Å². The number of nitrogens with one attached hydrogen (secondary N) is 1. The van der Waals surface area contributed by atoms with Gasteiger partial charge in [0.25, 0.3) is 0 Å². The fraction of sp³-hybridized carbons (Fsp3) is 0.353. The van der Waals surface area contributed by atoms with Gasteiger partial charge in [0.05, 0.1) is 6.20 Å². The molecule has 0 amide bonds. The summed E-state index contributed by atoms with van der Waals surface area (Å²) in [5, 5.41) is 3.50. The van der Waals surface area contributed by atoms with Crippen molar-refractivity contribution in [3.8, 4) is 11.5 Å². The molecule has 0 saturated heterocycles. The highest BCUT2D eigenvalue weighted by atomic mass is 79.9. The van der Waals surface area contributed by atoms with Gasteiger partial charge in [-0.05, 0) is 73.0 Å². The number of aryl methyl sites for hydroxylation is 1. The summed E-state index contributed by atoms with van der Waals surface area (Å²) in [6.45, 7) is 9.46. The number of benzene rings is 1. The van der Waals surface area contributed by atoms with Crippen molar-refractivity contribution in [1.82, 2.24) is 10.3 Å². The van der Waals surface area contributed by atoms with Crippen molar-refractivity contribution in [1.29, 1.82) is 0 Å². The summed E-state index contributed by atoms with van der Waals surface area (Å²) >= 11 is 3.39. The SMILES string of the molecule is Cc1cc(Oc2cncc(Br)c2)ccc1CNC(C)(C)C. The predicted molar refractivity (Wildman–Crippen MR) is 89.8 cm³/mol. The van der Waals surface area contributed by atoms with Crippen LogP contribution < -0.4 is 10.1 Å². The molecule has 1 heterocycles. The second kappa shape index (κ2) is 6.58. The van der Waals surface area contributed by atoms with Crippen molar-refractivity contribution < 1.29 is 4.74 Å². The molecule has 0 unspecified atom stereocenters. The Kier molecular flexibility index (Phi) is 5.01. The number of rotatable bonds is 4. The number of nitrogens with zero attached hydrogens (tertiary/aromatic N) is 1. The van der Waals surface area contributed by atoms with Gasteiger partial charge in [-0.1, -0.05) is 6.07 Å². The molecule has 112 valence electrons. The Morgan fingerprint density at radius 1 is 1.14 bits per heavy atom. The highest BCUT2D eigenvalue weighted by Crippen LogP contribution is 2.25. The number of ether oxygens (including phenoxy) is 1. The van der Waals surface area contributed by atoms with Crippen LogP contribution in [0.1, 0.15) is 31.9 Å². The fourth-order valence-electron chi connectivity index (χ4n) is 1.87. The average Bonchev–Trinajstić information content (AvgIpc) is 2.36. The van der Waals surface area contributed by atoms with Gasteiger partial charge in [-0.15, -0.1) is 0 Å². The minimum absolute atomic E-state index is 0.115. The van der Waals surface area contributed by atoms with Gasteiger partial charge in [0, 0.05) is 22.8 Å². The maximum atomic E-state index is 5.83. The Labute approximate surface area is 134 Å².